The maximum atomic E-state index is 11.9. The summed E-state index contributed by atoms with van der Waals surface area (Å²) >= 11 is 2.57. The fourth-order valence-electron chi connectivity index (χ4n) is 1.94. The minimum atomic E-state index is -0.167. The summed E-state index contributed by atoms with van der Waals surface area (Å²) in [6, 6.07) is 7.40. The fraction of sp³-hybridized carbons (Fsp3) is 0.250. The van der Waals surface area contributed by atoms with Crippen LogP contribution in [0, 0.1) is 6.92 Å². The molecule has 0 atom stereocenters. The number of aryl methyl sites for hydroxylation is 1. The van der Waals surface area contributed by atoms with Crippen molar-refractivity contribution in [3.05, 3.63) is 35.3 Å². The highest BCUT2D eigenvalue weighted by Gasteiger charge is 2.12. The smallest absolute Gasteiger partial charge is 0.277 e. The van der Waals surface area contributed by atoms with Crippen molar-refractivity contribution < 1.29 is 13.9 Å². The Balaban J connectivity index is 1.55. The number of thiazole rings is 1. The number of anilines is 1. The Labute approximate surface area is 152 Å². The molecule has 0 saturated carbocycles. The van der Waals surface area contributed by atoms with Crippen molar-refractivity contribution in [3.63, 3.8) is 0 Å². The van der Waals surface area contributed by atoms with E-state index in [1.165, 1.54) is 23.1 Å². The minimum absolute atomic E-state index is 0.167. The maximum absolute atomic E-state index is 11.9. The van der Waals surface area contributed by atoms with Crippen LogP contribution in [0.3, 0.4) is 0 Å². The van der Waals surface area contributed by atoms with E-state index in [4.69, 9.17) is 9.15 Å². The summed E-state index contributed by atoms with van der Waals surface area (Å²) in [5.74, 6) is 1.19. The van der Waals surface area contributed by atoms with Crippen LogP contribution in [0.15, 0.2) is 39.3 Å². The van der Waals surface area contributed by atoms with Crippen molar-refractivity contribution >= 4 is 34.1 Å². The van der Waals surface area contributed by atoms with E-state index in [9.17, 15) is 4.79 Å². The van der Waals surface area contributed by atoms with Gasteiger partial charge in [0.1, 0.15) is 5.75 Å². The van der Waals surface area contributed by atoms with Gasteiger partial charge in [0, 0.05) is 10.9 Å². The van der Waals surface area contributed by atoms with Crippen molar-refractivity contribution in [1.82, 2.24) is 15.2 Å². The molecule has 0 radical (unpaired) electrons. The van der Waals surface area contributed by atoms with Gasteiger partial charge in [0.2, 0.25) is 11.8 Å². The number of carbonyl (C=O) groups excluding carboxylic acids is 1. The van der Waals surface area contributed by atoms with Gasteiger partial charge in [-0.15, -0.1) is 21.5 Å². The van der Waals surface area contributed by atoms with Gasteiger partial charge < -0.3 is 14.5 Å². The van der Waals surface area contributed by atoms with Crippen molar-refractivity contribution in [2.75, 3.05) is 17.7 Å². The Bertz CT molecular complexity index is 845. The Morgan fingerprint density at radius 2 is 2.12 bits per heavy atom. The summed E-state index contributed by atoms with van der Waals surface area (Å²) in [6.45, 7) is 4.42. The number of hydrogen-bond acceptors (Lipinski definition) is 8. The van der Waals surface area contributed by atoms with Gasteiger partial charge in [0.15, 0.2) is 5.13 Å². The first-order valence-corrected chi connectivity index (χ1v) is 9.42. The lowest BCUT2D eigenvalue weighted by Gasteiger charge is -2.02. The Hall–Kier alpha value is -2.39. The van der Waals surface area contributed by atoms with E-state index in [0.29, 0.717) is 22.9 Å². The molecule has 0 bridgehead atoms. The minimum Gasteiger partial charge on any atom is -0.494 e. The molecular weight excluding hydrogens is 360 g/mol. The van der Waals surface area contributed by atoms with Gasteiger partial charge in [-0.25, -0.2) is 4.98 Å². The molecule has 2 aromatic heterocycles. The van der Waals surface area contributed by atoms with Crippen LogP contribution in [0.2, 0.25) is 0 Å². The molecule has 2 heterocycles. The van der Waals surface area contributed by atoms with Gasteiger partial charge in [-0.2, -0.15) is 0 Å². The topological polar surface area (TPSA) is 90.1 Å². The number of ether oxygens (including phenoxy) is 1. The first-order chi connectivity index (χ1) is 12.1. The zero-order chi connectivity index (χ0) is 17.6. The number of carbonyl (C=O) groups is 1. The zero-order valence-electron chi connectivity index (χ0n) is 13.7. The molecule has 9 heteroatoms. The zero-order valence-corrected chi connectivity index (χ0v) is 15.3. The van der Waals surface area contributed by atoms with Crippen LogP contribution in [0.1, 0.15) is 12.6 Å². The normalized spacial score (nSPS) is 10.6. The Kier molecular flexibility index (Phi) is 5.67. The molecule has 0 saturated heterocycles. The van der Waals surface area contributed by atoms with E-state index in [1.807, 2.05) is 43.5 Å². The number of benzene rings is 1. The van der Waals surface area contributed by atoms with E-state index >= 15 is 0 Å². The summed E-state index contributed by atoms with van der Waals surface area (Å²) in [4.78, 5) is 16.1. The molecular formula is C16H16N4O3S2. The third-order valence-electron chi connectivity index (χ3n) is 3.01. The average molecular weight is 376 g/mol. The summed E-state index contributed by atoms with van der Waals surface area (Å²) < 4.78 is 11.0. The molecule has 0 unspecified atom stereocenters. The number of nitrogens with zero attached hydrogens (tertiary/aromatic N) is 3. The fourth-order valence-corrected chi connectivity index (χ4v) is 3.21. The monoisotopic (exact) mass is 376 g/mol. The molecule has 1 N–H and O–H groups in total. The van der Waals surface area contributed by atoms with E-state index in [-0.39, 0.29) is 11.7 Å². The molecule has 130 valence electrons. The lowest BCUT2D eigenvalue weighted by molar-refractivity contribution is -0.113. The number of thioether (sulfide) groups is 1. The van der Waals surface area contributed by atoms with Gasteiger partial charge in [0.05, 0.1) is 18.1 Å². The molecule has 0 aliphatic heterocycles. The molecule has 0 aliphatic rings. The lowest BCUT2D eigenvalue weighted by atomic mass is 10.2. The predicted molar refractivity (Wildman–Crippen MR) is 97.1 cm³/mol. The summed E-state index contributed by atoms with van der Waals surface area (Å²) in [5, 5.41) is 13.5. The van der Waals surface area contributed by atoms with Crippen LogP contribution in [-0.4, -0.2) is 33.4 Å². The SMILES string of the molecule is CCOc1ccc(-c2nnc(SCC(=O)Nc3nc(C)cs3)o2)cc1. The number of amides is 1. The Morgan fingerprint density at radius 3 is 2.80 bits per heavy atom. The second kappa shape index (κ2) is 8.13. The standard InChI is InChI=1S/C16H16N4O3S2/c1-3-22-12-6-4-11(5-7-12)14-19-20-16(23-14)25-9-13(21)18-15-17-10(2)8-24-15/h4-8H,3,9H2,1-2H3,(H,17,18,21). The second-order valence-electron chi connectivity index (χ2n) is 4.96. The van der Waals surface area contributed by atoms with Gasteiger partial charge in [-0.1, -0.05) is 11.8 Å². The van der Waals surface area contributed by atoms with Crippen LogP contribution in [0.4, 0.5) is 5.13 Å². The van der Waals surface area contributed by atoms with Crippen LogP contribution < -0.4 is 10.1 Å². The third-order valence-corrected chi connectivity index (χ3v) is 4.70. The molecule has 1 aromatic carbocycles. The predicted octanol–water partition coefficient (Wildman–Crippen LogP) is 3.63. The molecule has 3 aromatic rings. The highest BCUT2D eigenvalue weighted by molar-refractivity contribution is 7.99. The molecule has 0 fully saturated rings. The number of nitrogens with one attached hydrogen (secondary N) is 1. The largest absolute Gasteiger partial charge is 0.494 e. The van der Waals surface area contributed by atoms with Crippen molar-refractivity contribution in [3.8, 4) is 17.2 Å². The van der Waals surface area contributed by atoms with E-state index in [2.05, 4.69) is 20.5 Å². The summed E-state index contributed by atoms with van der Waals surface area (Å²) in [7, 11) is 0. The highest BCUT2D eigenvalue weighted by Crippen LogP contribution is 2.25. The van der Waals surface area contributed by atoms with Crippen LogP contribution in [-0.2, 0) is 4.79 Å². The molecule has 7 nitrogen and oxygen atoms in total. The van der Waals surface area contributed by atoms with Crippen LogP contribution in [0.25, 0.3) is 11.5 Å². The van der Waals surface area contributed by atoms with E-state index < -0.39 is 0 Å². The number of rotatable bonds is 7. The second-order valence-corrected chi connectivity index (χ2v) is 6.75. The van der Waals surface area contributed by atoms with Gasteiger partial charge >= 0.3 is 0 Å². The Morgan fingerprint density at radius 1 is 1.32 bits per heavy atom. The van der Waals surface area contributed by atoms with Crippen molar-refractivity contribution in [2.24, 2.45) is 0 Å². The lowest BCUT2D eigenvalue weighted by Crippen LogP contribution is -2.13. The van der Waals surface area contributed by atoms with E-state index in [1.54, 1.807) is 0 Å². The first-order valence-electron chi connectivity index (χ1n) is 7.55. The molecule has 3 rings (SSSR count). The molecule has 0 aliphatic carbocycles. The summed E-state index contributed by atoms with van der Waals surface area (Å²) in [6.07, 6.45) is 0. The van der Waals surface area contributed by atoms with Crippen LogP contribution >= 0.6 is 23.1 Å². The van der Waals surface area contributed by atoms with Gasteiger partial charge in [-0.3, -0.25) is 4.79 Å². The van der Waals surface area contributed by atoms with Crippen LogP contribution in [0.5, 0.6) is 5.75 Å². The van der Waals surface area contributed by atoms with Gasteiger partial charge in [0.25, 0.3) is 5.22 Å². The highest BCUT2D eigenvalue weighted by atomic mass is 32.2. The average Bonchev–Trinajstić information content (AvgIpc) is 3.23. The molecule has 25 heavy (non-hydrogen) atoms. The first kappa shape index (κ1) is 17.4. The number of aromatic nitrogens is 3. The molecule has 0 spiro atoms. The van der Waals surface area contributed by atoms with Crippen molar-refractivity contribution in [2.45, 2.75) is 19.1 Å². The quantitative estimate of drug-likeness (QED) is 0.630. The van der Waals surface area contributed by atoms with Gasteiger partial charge in [-0.05, 0) is 38.1 Å². The van der Waals surface area contributed by atoms with E-state index in [0.717, 1.165) is 17.0 Å². The molecule has 1 amide bonds. The maximum Gasteiger partial charge on any atom is 0.277 e. The van der Waals surface area contributed by atoms with Crippen molar-refractivity contribution in [1.29, 1.82) is 0 Å². The summed E-state index contributed by atoms with van der Waals surface area (Å²) in [5.41, 5.74) is 1.68. The number of hydrogen-bond donors (Lipinski definition) is 1. The third kappa shape index (κ3) is 4.80.